The first kappa shape index (κ1) is 18.4. The van der Waals surface area contributed by atoms with Gasteiger partial charge in [-0.25, -0.2) is 22.0 Å². The molecule has 0 spiro atoms. The molecule has 2 amide bonds. The van der Waals surface area contributed by atoms with Gasteiger partial charge in [0.2, 0.25) is 11.8 Å². The largest absolute Gasteiger partial charge is 0.322 e. The van der Waals surface area contributed by atoms with Crippen molar-refractivity contribution in [2.75, 3.05) is 16.8 Å². The van der Waals surface area contributed by atoms with E-state index in [-0.39, 0.29) is 5.69 Å². The number of hydrogen-bond acceptors (Lipinski definition) is 2. The second-order valence-corrected chi connectivity index (χ2v) is 4.97. The van der Waals surface area contributed by atoms with E-state index in [0.29, 0.717) is 17.0 Å². The van der Waals surface area contributed by atoms with Gasteiger partial charge in [-0.05, 0) is 24.3 Å². The summed E-state index contributed by atoms with van der Waals surface area (Å²) in [6, 6.07) is 3.77. The van der Waals surface area contributed by atoms with Gasteiger partial charge < -0.3 is 10.2 Å². The van der Waals surface area contributed by atoms with Crippen LogP contribution in [0.4, 0.5) is 33.3 Å². The first-order valence-corrected chi connectivity index (χ1v) is 6.87. The van der Waals surface area contributed by atoms with Gasteiger partial charge in [0.1, 0.15) is 18.2 Å². The minimum absolute atomic E-state index is 0.366. The van der Waals surface area contributed by atoms with E-state index in [1.54, 1.807) is 0 Å². The van der Waals surface area contributed by atoms with Crippen LogP contribution in [0, 0.1) is 29.1 Å². The number of benzene rings is 2. The summed E-state index contributed by atoms with van der Waals surface area (Å²) < 4.78 is 66.3. The van der Waals surface area contributed by atoms with Crippen molar-refractivity contribution in [2.24, 2.45) is 0 Å². The topological polar surface area (TPSA) is 49.4 Å². The van der Waals surface area contributed by atoms with Crippen LogP contribution in [-0.4, -0.2) is 18.4 Å². The quantitative estimate of drug-likeness (QED) is 0.673. The Labute approximate surface area is 138 Å². The average molecular weight is 358 g/mol. The van der Waals surface area contributed by atoms with Crippen molar-refractivity contribution in [3.8, 4) is 0 Å². The lowest BCUT2D eigenvalue weighted by Gasteiger charge is -2.21. The summed E-state index contributed by atoms with van der Waals surface area (Å²) in [6.07, 6.45) is 0. The highest BCUT2D eigenvalue weighted by molar-refractivity contribution is 6.01. The lowest BCUT2D eigenvalue weighted by Crippen LogP contribution is -2.37. The Morgan fingerprint density at radius 3 is 2.24 bits per heavy atom. The maximum absolute atomic E-state index is 13.8. The van der Waals surface area contributed by atoms with E-state index in [1.807, 2.05) is 5.32 Å². The Morgan fingerprint density at radius 1 is 0.960 bits per heavy atom. The summed E-state index contributed by atoms with van der Waals surface area (Å²) in [7, 11) is 0. The molecule has 9 heteroatoms. The van der Waals surface area contributed by atoms with Gasteiger partial charge in [-0.3, -0.25) is 9.59 Å². The van der Waals surface area contributed by atoms with E-state index >= 15 is 0 Å². The zero-order valence-electron chi connectivity index (χ0n) is 12.7. The third kappa shape index (κ3) is 4.11. The number of anilines is 2. The monoisotopic (exact) mass is 358 g/mol. The molecule has 0 aromatic heterocycles. The van der Waals surface area contributed by atoms with Crippen LogP contribution < -0.4 is 10.2 Å². The number of rotatable bonds is 4. The van der Waals surface area contributed by atoms with Gasteiger partial charge in [-0.1, -0.05) is 0 Å². The molecule has 0 aliphatic carbocycles. The van der Waals surface area contributed by atoms with Crippen molar-refractivity contribution in [1.29, 1.82) is 0 Å². The number of carbonyl (C=O) groups is 2. The highest BCUT2D eigenvalue weighted by Crippen LogP contribution is 2.22. The van der Waals surface area contributed by atoms with Crippen LogP contribution in [0.1, 0.15) is 6.92 Å². The fraction of sp³-hybridized carbons (Fsp3) is 0.125. The Balaban J connectivity index is 2.22. The highest BCUT2D eigenvalue weighted by Gasteiger charge is 2.21. The molecule has 2 rings (SSSR count). The third-order valence-corrected chi connectivity index (χ3v) is 3.19. The molecule has 0 aliphatic rings. The predicted molar refractivity (Wildman–Crippen MR) is 79.3 cm³/mol. The molecule has 2 aromatic carbocycles. The van der Waals surface area contributed by atoms with Gasteiger partial charge in [0.05, 0.1) is 11.4 Å². The van der Waals surface area contributed by atoms with Crippen molar-refractivity contribution < 1.29 is 31.5 Å². The molecular formula is C16H11F5N2O2. The number of halogens is 5. The molecule has 1 N–H and O–H groups in total. The smallest absolute Gasteiger partial charge is 0.244 e. The molecule has 2 aromatic rings. The maximum Gasteiger partial charge on any atom is 0.244 e. The molecule has 0 atom stereocenters. The number of nitrogens with zero attached hydrogens (tertiary/aromatic N) is 1. The van der Waals surface area contributed by atoms with Crippen LogP contribution in [0.15, 0.2) is 30.3 Å². The minimum atomic E-state index is -1.77. The van der Waals surface area contributed by atoms with Gasteiger partial charge in [-0.15, -0.1) is 0 Å². The molecule has 0 saturated carbocycles. The summed E-state index contributed by atoms with van der Waals surface area (Å²) in [4.78, 5) is 24.3. The molecule has 0 bridgehead atoms. The Kier molecular flexibility index (Phi) is 5.35. The average Bonchev–Trinajstić information content (AvgIpc) is 2.53. The second kappa shape index (κ2) is 7.29. The van der Waals surface area contributed by atoms with Crippen molar-refractivity contribution in [1.82, 2.24) is 0 Å². The minimum Gasteiger partial charge on any atom is -0.322 e. The van der Waals surface area contributed by atoms with Crippen LogP contribution in [0.2, 0.25) is 0 Å². The molecule has 25 heavy (non-hydrogen) atoms. The van der Waals surface area contributed by atoms with Crippen molar-refractivity contribution >= 4 is 23.2 Å². The van der Waals surface area contributed by atoms with Crippen molar-refractivity contribution in [3.63, 3.8) is 0 Å². The van der Waals surface area contributed by atoms with E-state index in [1.165, 1.54) is 0 Å². The molecular weight excluding hydrogens is 347 g/mol. The van der Waals surface area contributed by atoms with Gasteiger partial charge >= 0.3 is 0 Å². The number of nitrogens with one attached hydrogen (secondary N) is 1. The van der Waals surface area contributed by atoms with E-state index in [4.69, 9.17) is 0 Å². The maximum atomic E-state index is 13.8. The molecule has 0 heterocycles. The van der Waals surface area contributed by atoms with Crippen LogP contribution >= 0.6 is 0 Å². The zero-order chi connectivity index (χ0) is 18.7. The summed E-state index contributed by atoms with van der Waals surface area (Å²) in [5, 5.41) is 1.95. The predicted octanol–water partition coefficient (Wildman–Crippen LogP) is 3.37. The van der Waals surface area contributed by atoms with Gasteiger partial charge in [0.15, 0.2) is 17.5 Å². The molecule has 0 unspecified atom stereocenters. The summed E-state index contributed by atoms with van der Waals surface area (Å²) in [6.45, 7) is 0.282. The Bertz CT molecular complexity index is 842. The fourth-order valence-electron chi connectivity index (χ4n) is 2.02. The number of hydrogen-bond donors (Lipinski definition) is 1. The zero-order valence-corrected chi connectivity index (χ0v) is 12.7. The second-order valence-electron chi connectivity index (χ2n) is 4.97. The Hall–Kier alpha value is -2.97. The van der Waals surface area contributed by atoms with Crippen LogP contribution in [-0.2, 0) is 9.59 Å². The Morgan fingerprint density at radius 2 is 1.64 bits per heavy atom. The molecule has 0 fully saturated rings. The molecule has 4 nitrogen and oxygen atoms in total. The van der Waals surface area contributed by atoms with E-state index in [0.717, 1.165) is 25.1 Å². The van der Waals surface area contributed by atoms with Gasteiger partial charge in [0.25, 0.3) is 0 Å². The fourth-order valence-corrected chi connectivity index (χ4v) is 2.02. The first-order chi connectivity index (χ1) is 11.7. The standard InChI is InChI=1S/C16H11F5N2O2/c1-8(24)23(13-5-2-9(17)6-11(13)19)7-14(25)22-12-4-3-10(18)15(20)16(12)21/h2-6H,7H2,1H3,(H,22,25). The summed E-state index contributed by atoms with van der Waals surface area (Å²) >= 11 is 0. The summed E-state index contributed by atoms with van der Waals surface area (Å²) in [5.41, 5.74) is -1.01. The van der Waals surface area contributed by atoms with Crippen LogP contribution in [0.5, 0.6) is 0 Å². The number of carbonyl (C=O) groups excluding carboxylic acids is 2. The summed E-state index contributed by atoms with van der Waals surface area (Å²) in [5.74, 6) is -8.52. The van der Waals surface area contributed by atoms with Crippen LogP contribution in [0.25, 0.3) is 0 Å². The molecule has 0 saturated heterocycles. The number of amides is 2. The van der Waals surface area contributed by atoms with Gasteiger partial charge in [-0.2, -0.15) is 0 Å². The lowest BCUT2D eigenvalue weighted by molar-refractivity contribution is -0.120. The van der Waals surface area contributed by atoms with E-state index in [2.05, 4.69) is 0 Å². The van der Waals surface area contributed by atoms with E-state index in [9.17, 15) is 31.5 Å². The van der Waals surface area contributed by atoms with Crippen LogP contribution in [0.3, 0.4) is 0 Å². The highest BCUT2D eigenvalue weighted by atomic mass is 19.2. The lowest BCUT2D eigenvalue weighted by atomic mass is 10.2. The first-order valence-electron chi connectivity index (χ1n) is 6.87. The SMILES string of the molecule is CC(=O)N(CC(=O)Nc1ccc(F)c(F)c1F)c1ccc(F)cc1F. The van der Waals surface area contributed by atoms with Crippen molar-refractivity contribution in [2.45, 2.75) is 6.92 Å². The van der Waals surface area contributed by atoms with Gasteiger partial charge in [0, 0.05) is 13.0 Å². The van der Waals surface area contributed by atoms with E-state index < -0.39 is 53.1 Å². The molecule has 132 valence electrons. The third-order valence-electron chi connectivity index (χ3n) is 3.19. The van der Waals surface area contributed by atoms with Crippen molar-refractivity contribution in [3.05, 3.63) is 59.4 Å². The molecule has 0 aliphatic heterocycles. The molecule has 0 radical (unpaired) electrons. The normalized spacial score (nSPS) is 10.5.